The largest absolute Gasteiger partial charge is 0.398 e. The number of carbonyl (C=O) groups is 1. The van der Waals surface area contributed by atoms with Crippen LogP contribution in [-0.2, 0) is 6.42 Å². The third-order valence-electron chi connectivity index (χ3n) is 3.71. The number of nitrogens with zero attached hydrogens (tertiary/aromatic N) is 1. The molecule has 1 heterocycles. The summed E-state index contributed by atoms with van der Waals surface area (Å²) in [5, 5.41) is 2.62. The summed E-state index contributed by atoms with van der Waals surface area (Å²) in [6.45, 7) is 0.927. The molecule has 4 heteroatoms. The topological polar surface area (TPSA) is 58.4 Å². The molecule has 0 aliphatic carbocycles. The Kier molecular flexibility index (Phi) is 3.06. The van der Waals surface area contributed by atoms with Crippen molar-refractivity contribution >= 4 is 23.0 Å². The van der Waals surface area contributed by atoms with E-state index in [0.29, 0.717) is 11.3 Å². The van der Waals surface area contributed by atoms with Gasteiger partial charge in [0.05, 0.1) is 5.56 Å². The van der Waals surface area contributed by atoms with Gasteiger partial charge in [0.25, 0.3) is 5.91 Å². The van der Waals surface area contributed by atoms with Crippen LogP contribution < -0.4 is 16.0 Å². The predicted octanol–water partition coefficient (Wildman–Crippen LogP) is 2.32. The standard InChI is InChI=1S/C16H17N3O/c1-18-16(20)13-10-12(6-7-14(13)17)19-9-8-11-4-2-3-5-15(11)19/h2-7,10H,8-9,17H2,1H3,(H,18,20). The normalized spacial score (nSPS) is 13.2. The van der Waals surface area contributed by atoms with E-state index in [0.717, 1.165) is 18.7 Å². The summed E-state index contributed by atoms with van der Waals surface area (Å²) in [5.41, 5.74) is 10.5. The molecule has 1 aliphatic heterocycles. The zero-order valence-corrected chi connectivity index (χ0v) is 11.4. The Bertz CT molecular complexity index is 667. The van der Waals surface area contributed by atoms with Crippen LogP contribution in [0.4, 0.5) is 17.1 Å². The smallest absolute Gasteiger partial charge is 0.253 e. The van der Waals surface area contributed by atoms with Crippen molar-refractivity contribution in [3.8, 4) is 0 Å². The fourth-order valence-electron chi connectivity index (χ4n) is 2.65. The van der Waals surface area contributed by atoms with Gasteiger partial charge < -0.3 is 16.0 Å². The molecule has 102 valence electrons. The van der Waals surface area contributed by atoms with Crippen molar-refractivity contribution in [3.05, 3.63) is 53.6 Å². The summed E-state index contributed by atoms with van der Waals surface area (Å²) >= 11 is 0. The molecular weight excluding hydrogens is 250 g/mol. The molecule has 0 spiro atoms. The van der Waals surface area contributed by atoms with Crippen molar-refractivity contribution in [2.24, 2.45) is 0 Å². The average molecular weight is 267 g/mol. The van der Waals surface area contributed by atoms with Gasteiger partial charge in [-0.25, -0.2) is 0 Å². The Balaban J connectivity index is 2.02. The summed E-state index contributed by atoms with van der Waals surface area (Å²) in [7, 11) is 1.61. The van der Waals surface area contributed by atoms with Crippen LogP contribution in [-0.4, -0.2) is 19.5 Å². The molecule has 3 N–H and O–H groups in total. The number of fused-ring (bicyclic) bond motifs is 1. The zero-order chi connectivity index (χ0) is 14.1. The van der Waals surface area contributed by atoms with Crippen LogP contribution in [0.25, 0.3) is 0 Å². The molecule has 2 aromatic carbocycles. The van der Waals surface area contributed by atoms with E-state index in [2.05, 4.69) is 28.4 Å². The summed E-state index contributed by atoms with van der Waals surface area (Å²) in [6.07, 6.45) is 1.02. The number of rotatable bonds is 2. The second kappa shape index (κ2) is 4.89. The van der Waals surface area contributed by atoms with Gasteiger partial charge in [0.2, 0.25) is 0 Å². The molecule has 1 aliphatic rings. The number of anilines is 3. The number of nitrogen functional groups attached to an aromatic ring is 1. The minimum atomic E-state index is -0.156. The Labute approximate surface area is 118 Å². The highest BCUT2D eigenvalue weighted by Gasteiger charge is 2.21. The van der Waals surface area contributed by atoms with E-state index < -0.39 is 0 Å². The molecule has 0 saturated carbocycles. The third kappa shape index (κ3) is 1.99. The zero-order valence-electron chi connectivity index (χ0n) is 11.4. The first-order chi connectivity index (χ1) is 9.70. The lowest BCUT2D eigenvalue weighted by molar-refractivity contribution is 0.0964. The van der Waals surface area contributed by atoms with Gasteiger partial charge in [-0.05, 0) is 36.2 Å². The van der Waals surface area contributed by atoms with Crippen molar-refractivity contribution in [2.45, 2.75) is 6.42 Å². The highest BCUT2D eigenvalue weighted by atomic mass is 16.1. The fourth-order valence-corrected chi connectivity index (χ4v) is 2.65. The average Bonchev–Trinajstić information content (AvgIpc) is 2.91. The number of hydrogen-bond acceptors (Lipinski definition) is 3. The summed E-state index contributed by atoms with van der Waals surface area (Å²) < 4.78 is 0. The van der Waals surface area contributed by atoms with Crippen molar-refractivity contribution in [1.29, 1.82) is 0 Å². The molecule has 2 aromatic rings. The first kappa shape index (κ1) is 12.5. The van der Waals surface area contributed by atoms with Gasteiger partial charge >= 0.3 is 0 Å². The first-order valence-corrected chi connectivity index (χ1v) is 6.68. The first-order valence-electron chi connectivity index (χ1n) is 6.68. The van der Waals surface area contributed by atoms with Gasteiger partial charge in [0, 0.05) is 30.7 Å². The van der Waals surface area contributed by atoms with Gasteiger partial charge in [-0.2, -0.15) is 0 Å². The van der Waals surface area contributed by atoms with Crippen LogP contribution in [0.1, 0.15) is 15.9 Å². The molecule has 0 bridgehead atoms. The van der Waals surface area contributed by atoms with Crippen LogP contribution in [0.5, 0.6) is 0 Å². The number of benzene rings is 2. The maximum atomic E-state index is 11.8. The van der Waals surface area contributed by atoms with Crippen LogP contribution >= 0.6 is 0 Å². The fraction of sp³-hybridized carbons (Fsp3) is 0.188. The molecule has 0 unspecified atom stereocenters. The van der Waals surface area contributed by atoms with Crippen molar-refractivity contribution in [1.82, 2.24) is 5.32 Å². The quantitative estimate of drug-likeness (QED) is 0.821. The second-order valence-electron chi connectivity index (χ2n) is 4.88. The lowest BCUT2D eigenvalue weighted by Gasteiger charge is -2.20. The lowest BCUT2D eigenvalue weighted by atomic mass is 10.1. The second-order valence-corrected chi connectivity index (χ2v) is 4.88. The van der Waals surface area contributed by atoms with E-state index >= 15 is 0 Å². The number of hydrogen-bond donors (Lipinski definition) is 2. The van der Waals surface area contributed by atoms with Crippen molar-refractivity contribution in [2.75, 3.05) is 24.2 Å². The number of amides is 1. The van der Waals surface area contributed by atoms with E-state index in [1.54, 1.807) is 13.1 Å². The lowest BCUT2D eigenvalue weighted by Crippen LogP contribution is -2.20. The van der Waals surface area contributed by atoms with Crippen LogP contribution in [0.3, 0.4) is 0 Å². The summed E-state index contributed by atoms with van der Waals surface area (Å²) in [5.74, 6) is -0.156. The molecule has 0 fully saturated rings. The van der Waals surface area contributed by atoms with E-state index in [-0.39, 0.29) is 5.91 Å². The van der Waals surface area contributed by atoms with E-state index in [9.17, 15) is 4.79 Å². The highest BCUT2D eigenvalue weighted by Crippen LogP contribution is 2.35. The Hall–Kier alpha value is -2.49. The summed E-state index contributed by atoms with van der Waals surface area (Å²) in [6, 6.07) is 14.0. The Morgan fingerprint density at radius 3 is 2.85 bits per heavy atom. The minimum Gasteiger partial charge on any atom is -0.398 e. The van der Waals surface area contributed by atoms with E-state index in [1.807, 2.05) is 18.2 Å². The van der Waals surface area contributed by atoms with Gasteiger partial charge in [-0.1, -0.05) is 18.2 Å². The molecule has 0 radical (unpaired) electrons. The van der Waals surface area contributed by atoms with Crippen LogP contribution in [0.2, 0.25) is 0 Å². The molecule has 0 atom stereocenters. The molecule has 3 rings (SSSR count). The van der Waals surface area contributed by atoms with Gasteiger partial charge in [0.1, 0.15) is 0 Å². The van der Waals surface area contributed by atoms with Crippen molar-refractivity contribution < 1.29 is 4.79 Å². The molecule has 4 nitrogen and oxygen atoms in total. The molecule has 0 aromatic heterocycles. The number of carbonyl (C=O) groups excluding carboxylic acids is 1. The molecule has 1 amide bonds. The maximum Gasteiger partial charge on any atom is 0.253 e. The van der Waals surface area contributed by atoms with Crippen molar-refractivity contribution in [3.63, 3.8) is 0 Å². The number of nitrogens with one attached hydrogen (secondary N) is 1. The van der Waals surface area contributed by atoms with E-state index in [1.165, 1.54) is 11.3 Å². The summed E-state index contributed by atoms with van der Waals surface area (Å²) in [4.78, 5) is 14.1. The Morgan fingerprint density at radius 1 is 1.25 bits per heavy atom. The third-order valence-corrected chi connectivity index (χ3v) is 3.71. The highest BCUT2D eigenvalue weighted by molar-refractivity contribution is 6.00. The maximum absolute atomic E-state index is 11.8. The Morgan fingerprint density at radius 2 is 2.05 bits per heavy atom. The van der Waals surface area contributed by atoms with E-state index in [4.69, 9.17) is 5.73 Å². The van der Waals surface area contributed by atoms with Gasteiger partial charge in [0.15, 0.2) is 0 Å². The molecular formula is C16H17N3O. The number of para-hydroxylation sites is 1. The SMILES string of the molecule is CNC(=O)c1cc(N2CCc3ccccc32)ccc1N. The van der Waals surface area contributed by atoms with Gasteiger partial charge in [-0.15, -0.1) is 0 Å². The minimum absolute atomic E-state index is 0.156. The number of nitrogens with two attached hydrogens (primary N) is 1. The monoisotopic (exact) mass is 267 g/mol. The predicted molar refractivity (Wildman–Crippen MR) is 81.4 cm³/mol. The van der Waals surface area contributed by atoms with Crippen LogP contribution in [0.15, 0.2) is 42.5 Å². The van der Waals surface area contributed by atoms with Gasteiger partial charge in [-0.3, -0.25) is 4.79 Å². The van der Waals surface area contributed by atoms with Crippen LogP contribution in [0, 0.1) is 0 Å². The molecule has 20 heavy (non-hydrogen) atoms. The molecule has 0 saturated heterocycles.